The molecule has 1 rings (SSSR count). The number of hydrogen-bond donors (Lipinski definition) is 3. The van der Waals surface area contributed by atoms with Crippen molar-refractivity contribution in [2.24, 2.45) is 0 Å². The van der Waals surface area contributed by atoms with Crippen LogP contribution >= 0.6 is 0 Å². The minimum Gasteiger partial charge on any atom is -0.504 e. The number of phenols is 2. The van der Waals surface area contributed by atoms with Crippen molar-refractivity contribution >= 4 is 5.69 Å². The third-order valence-corrected chi connectivity index (χ3v) is 3.89. The molecule has 120 valence electrons. The second-order valence-corrected chi connectivity index (χ2v) is 5.76. The number of benzene rings is 1. The molecule has 0 saturated heterocycles. The lowest BCUT2D eigenvalue weighted by Gasteiger charge is -2.14. The molecule has 0 fully saturated rings. The van der Waals surface area contributed by atoms with E-state index in [1.165, 1.54) is 32.1 Å². The molecule has 0 amide bonds. The topological polar surface area (TPSA) is 52.5 Å². The summed E-state index contributed by atoms with van der Waals surface area (Å²) in [5.41, 5.74) is 1.81. The molecule has 0 aliphatic heterocycles. The minimum atomic E-state index is -0.0220. The molecule has 0 saturated carbocycles. The van der Waals surface area contributed by atoms with E-state index in [0.29, 0.717) is 0 Å². The molecular weight excluding hydrogens is 262 g/mol. The van der Waals surface area contributed by atoms with E-state index >= 15 is 0 Å². The number of rotatable bonds is 11. The van der Waals surface area contributed by atoms with E-state index in [1.807, 2.05) is 6.07 Å². The van der Waals surface area contributed by atoms with E-state index in [-0.39, 0.29) is 11.5 Å². The summed E-state index contributed by atoms with van der Waals surface area (Å²) in [6, 6.07) is 3.44. The summed E-state index contributed by atoms with van der Waals surface area (Å²) in [5, 5.41) is 23.1. The van der Waals surface area contributed by atoms with Crippen molar-refractivity contribution in [2.45, 2.75) is 71.6 Å². The summed E-state index contributed by atoms with van der Waals surface area (Å²) in [5.74, 6) is 0.0163. The van der Waals surface area contributed by atoms with Crippen LogP contribution in [0.5, 0.6) is 11.5 Å². The summed E-state index contributed by atoms with van der Waals surface area (Å²) in [4.78, 5) is 0. The smallest absolute Gasteiger partial charge is 0.162 e. The highest BCUT2D eigenvalue weighted by molar-refractivity contribution is 5.62. The second-order valence-electron chi connectivity index (χ2n) is 5.76. The standard InChI is InChI=1S/C18H31NO2/c1-3-5-7-8-9-10-14-19-16-12-13-17(20)18(21)15(16)11-6-4-2/h12-13,19-21H,3-11,14H2,1-2H3. The van der Waals surface area contributed by atoms with Crippen LogP contribution in [-0.4, -0.2) is 16.8 Å². The highest BCUT2D eigenvalue weighted by Gasteiger charge is 2.11. The Morgan fingerprint density at radius 3 is 2.24 bits per heavy atom. The van der Waals surface area contributed by atoms with E-state index in [1.54, 1.807) is 6.07 Å². The van der Waals surface area contributed by atoms with Gasteiger partial charge in [0.1, 0.15) is 0 Å². The number of hydrogen-bond acceptors (Lipinski definition) is 3. The molecule has 0 radical (unpaired) electrons. The van der Waals surface area contributed by atoms with Crippen molar-refractivity contribution in [3.05, 3.63) is 17.7 Å². The number of unbranched alkanes of at least 4 members (excludes halogenated alkanes) is 6. The first-order chi connectivity index (χ1) is 10.2. The molecule has 0 aromatic heterocycles. The molecule has 0 heterocycles. The first-order valence-corrected chi connectivity index (χ1v) is 8.48. The Morgan fingerprint density at radius 2 is 1.52 bits per heavy atom. The second kappa shape index (κ2) is 10.4. The molecule has 3 N–H and O–H groups in total. The Hall–Kier alpha value is -1.38. The van der Waals surface area contributed by atoms with Gasteiger partial charge in [0, 0.05) is 17.8 Å². The molecule has 0 aliphatic carbocycles. The number of phenolic OH excluding ortho intramolecular Hbond substituents is 2. The van der Waals surface area contributed by atoms with Gasteiger partial charge in [-0.25, -0.2) is 0 Å². The fourth-order valence-corrected chi connectivity index (χ4v) is 2.52. The quantitative estimate of drug-likeness (QED) is 0.298. The normalized spacial score (nSPS) is 10.8. The average molecular weight is 293 g/mol. The van der Waals surface area contributed by atoms with Crippen LogP contribution in [0.1, 0.15) is 70.8 Å². The SMILES string of the molecule is CCCCCCCCNc1ccc(O)c(O)c1CCCC. The van der Waals surface area contributed by atoms with Gasteiger partial charge in [-0.05, 0) is 31.4 Å². The van der Waals surface area contributed by atoms with Crippen molar-refractivity contribution in [2.75, 3.05) is 11.9 Å². The third kappa shape index (κ3) is 6.28. The molecule has 0 unspecified atom stereocenters. The zero-order valence-corrected chi connectivity index (χ0v) is 13.6. The van der Waals surface area contributed by atoms with E-state index in [2.05, 4.69) is 19.2 Å². The van der Waals surface area contributed by atoms with Gasteiger partial charge in [-0.2, -0.15) is 0 Å². The summed E-state index contributed by atoms with van der Waals surface area (Å²) >= 11 is 0. The Balaban J connectivity index is 2.44. The van der Waals surface area contributed by atoms with Crippen LogP contribution in [0.25, 0.3) is 0 Å². The van der Waals surface area contributed by atoms with E-state index in [0.717, 1.165) is 43.5 Å². The first-order valence-electron chi connectivity index (χ1n) is 8.48. The molecule has 0 aliphatic rings. The zero-order chi connectivity index (χ0) is 15.5. The van der Waals surface area contributed by atoms with Crippen molar-refractivity contribution in [3.63, 3.8) is 0 Å². The van der Waals surface area contributed by atoms with Gasteiger partial charge in [0.15, 0.2) is 11.5 Å². The number of nitrogens with one attached hydrogen (secondary N) is 1. The largest absolute Gasteiger partial charge is 0.504 e. The Morgan fingerprint density at radius 1 is 0.857 bits per heavy atom. The maximum atomic E-state index is 10.0. The molecule has 3 nitrogen and oxygen atoms in total. The van der Waals surface area contributed by atoms with E-state index < -0.39 is 0 Å². The lowest BCUT2D eigenvalue weighted by molar-refractivity contribution is 0.399. The van der Waals surface area contributed by atoms with Crippen LogP contribution in [-0.2, 0) is 6.42 Å². The zero-order valence-electron chi connectivity index (χ0n) is 13.6. The predicted octanol–water partition coefficient (Wildman–Crippen LogP) is 5.21. The van der Waals surface area contributed by atoms with Crippen molar-refractivity contribution in [1.29, 1.82) is 0 Å². The summed E-state index contributed by atoms with van der Waals surface area (Å²) < 4.78 is 0. The maximum absolute atomic E-state index is 10.0. The highest BCUT2D eigenvalue weighted by atomic mass is 16.3. The summed E-state index contributed by atoms with van der Waals surface area (Å²) in [7, 11) is 0. The predicted molar refractivity (Wildman–Crippen MR) is 90.2 cm³/mol. The van der Waals surface area contributed by atoms with Crippen LogP contribution in [0.2, 0.25) is 0 Å². The fraction of sp³-hybridized carbons (Fsp3) is 0.667. The minimum absolute atomic E-state index is 0.0220. The van der Waals surface area contributed by atoms with Gasteiger partial charge in [-0.1, -0.05) is 52.4 Å². The van der Waals surface area contributed by atoms with E-state index in [4.69, 9.17) is 0 Å². The highest BCUT2D eigenvalue weighted by Crippen LogP contribution is 2.35. The molecule has 0 spiro atoms. The monoisotopic (exact) mass is 293 g/mol. The third-order valence-electron chi connectivity index (χ3n) is 3.89. The van der Waals surface area contributed by atoms with Crippen LogP contribution in [0.15, 0.2) is 12.1 Å². The number of aromatic hydroxyl groups is 2. The van der Waals surface area contributed by atoms with Gasteiger partial charge in [0.25, 0.3) is 0 Å². The van der Waals surface area contributed by atoms with Crippen LogP contribution in [0.3, 0.4) is 0 Å². The average Bonchev–Trinajstić information content (AvgIpc) is 2.49. The summed E-state index contributed by atoms with van der Waals surface area (Å²) in [6.45, 7) is 5.29. The molecule has 1 aromatic rings. The molecule has 0 atom stereocenters. The number of anilines is 1. The van der Waals surface area contributed by atoms with Gasteiger partial charge in [0.2, 0.25) is 0 Å². The van der Waals surface area contributed by atoms with Crippen molar-refractivity contribution in [3.8, 4) is 11.5 Å². The molecule has 0 bridgehead atoms. The maximum Gasteiger partial charge on any atom is 0.162 e. The van der Waals surface area contributed by atoms with Crippen molar-refractivity contribution in [1.82, 2.24) is 0 Å². The fourth-order valence-electron chi connectivity index (χ4n) is 2.52. The van der Waals surface area contributed by atoms with E-state index in [9.17, 15) is 10.2 Å². The Bertz CT molecular complexity index is 404. The van der Waals surface area contributed by atoms with Crippen LogP contribution in [0.4, 0.5) is 5.69 Å². The Kier molecular flexibility index (Phi) is 8.72. The lowest BCUT2D eigenvalue weighted by Crippen LogP contribution is -2.04. The Labute approximate surface area is 129 Å². The van der Waals surface area contributed by atoms with Gasteiger partial charge >= 0.3 is 0 Å². The van der Waals surface area contributed by atoms with Crippen molar-refractivity contribution < 1.29 is 10.2 Å². The van der Waals surface area contributed by atoms with Gasteiger partial charge < -0.3 is 15.5 Å². The summed E-state index contributed by atoms with van der Waals surface area (Å²) in [6.07, 6.45) is 10.5. The molecule has 1 aromatic carbocycles. The molecular formula is C18H31NO2. The molecule has 3 heteroatoms. The van der Waals surface area contributed by atoms with Crippen LogP contribution < -0.4 is 5.32 Å². The first kappa shape index (κ1) is 17.7. The lowest BCUT2D eigenvalue weighted by atomic mass is 10.0. The van der Waals surface area contributed by atoms with Gasteiger partial charge in [0.05, 0.1) is 0 Å². The van der Waals surface area contributed by atoms with Crippen LogP contribution in [0, 0.1) is 0 Å². The van der Waals surface area contributed by atoms with Gasteiger partial charge in [-0.15, -0.1) is 0 Å². The molecule has 21 heavy (non-hydrogen) atoms. The van der Waals surface area contributed by atoms with Gasteiger partial charge in [-0.3, -0.25) is 0 Å².